The fourth-order valence-electron chi connectivity index (χ4n) is 2.17. The molecule has 2 aromatic carbocycles. The molecule has 4 nitrogen and oxygen atoms in total. The highest BCUT2D eigenvalue weighted by Crippen LogP contribution is 2.30. The number of rotatable bonds is 3. The average molecular weight is 355 g/mol. The van der Waals surface area contributed by atoms with Crippen LogP contribution in [-0.2, 0) is 0 Å². The number of carboxylic acid groups (broad SMARTS) is 1. The summed E-state index contributed by atoms with van der Waals surface area (Å²) in [5.41, 5.74) is 2.24. The van der Waals surface area contributed by atoms with E-state index in [2.05, 4.69) is 25.9 Å². The molecule has 0 bridgehead atoms. The minimum Gasteiger partial charge on any atom is -0.478 e. The van der Waals surface area contributed by atoms with Gasteiger partial charge in [-0.05, 0) is 24.3 Å². The number of aromatic nitrogens is 1. The maximum Gasteiger partial charge on any atom is 0.336 e. The topological polar surface area (TPSA) is 62.5 Å². The minimum absolute atomic E-state index is 0.223. The molecule has 0 aliphatic carbocycles. The zero-order valence-corrected chi connectivity index (χ0v) is 13.0. The van der Waals surface area contributed by atoms with E-state index in [4.69, 9.17) is 0 Å². The van der Waals surface area contributed by atoms with Crippen LogP contribution in [0.5, 0.6) is 0 Å². The predicted octanol–water partition coefficient (Wildman–Crippen LogP) is 4.45. The summed E-state index contributed by atoms with van der Waals surface area (Å²) < 4.78 is 0.945. The first kappa shape index (κ1) is 14.4. The first-order chi connectivity index (χ1) is 10.7. The van der Waals surface area contributed by atoms with Crippen molar-refractivity contribution in [2.24, 2.45) is 4.99 Å². The Hall–Kier alpha value is -2.53. The number of fused-ring (bicyclic) bond motifs is 1. The average Bonchev–Trinajstić information content (AvgIpc) is 2.55. The van der Waals surface area contributed by atoms with E-state index in [1.807, 2.05) is 24.3 Å². The fraction of sp³-hybridized carbons (Fsp3) is 0. The second-order valence-corrected chi connectivity index (χ2v) is 5.47. The summed E-state index contributed by atoms with van der Waals surface area (Å²) in [4.78, 5) is 20.0. The molecule has 0 saturated carbocycles. The van der Waals surface area contributed by atoms with Crippen LogP contribution in [0.2, 0.25) is 0 Å². The van der Waals surface area contributed by atoms with Gasteiger partial charge in [-0.25, -0.2) is 4.79 Å². The number of pyridine rings is 1. The number of hydrogen-bond donors (Lipinski definition) is 1. The van der Waals surface area contributed by atoms with Crippen molar-refractivity contribution in [1.29, 1.82) is 0 Å². The first-order valence-corrected chi connectivity index (χ1v) is 7.36. The number of aromatic carboxylic acids is 1. The summed E-state index contributed by atoms with van der Waals surface area (Å²) in [6.07, 6.45) is 3.26. The quantitative estimate of drug-likeness (QED) is 0.707. The van der Waals surface area contributed by atoms with Crippen LogP contribution in [0.25, 0.3) is 10.9 Å². The molecule has 0 spiro atoms. The van der Waals surface area contributed by atoms with E-state index in [-0.39, 0.29) is 5.56 Å². The van der Waals surface area contributed by atoms with Crippen molar-refractivity contribution in [3.63, 3.8) is 0 Å². The smallest absolute Gasteiger partial charge is 0.336 e. The maximum atomic E-state index is 11.2. The van der Waals surface area contributed by atoms with Gasteiger partial charge in [0, 0.05) is 27.8 Å². The van der Waals surface area contributed by atoms with Crippen molar-refractivity contribution >= 4 is 44.7 Å². The van der Waals surface area contributed by atoms with E-state index in [1.165, 1.54) is 0 Å². The molecule has 0 fully saturated rings. The van der Waals surface area contributed by atoms with Crippen molar-refractivity contribution in [2.75, 3.05) is 0 Å². The summed E-state index contributed by atoms with van der Waals surface area (Å²) in [7, 11) is 0. The van der Waals surface area contributed by atoms with Crippen LogP contribution in [0.15, 0.2) is 64.2 Å². The predicted molar refractivity (Wildman–Crippen MR) is 90.1 cm³/mol. The highest BCUT2D eigenvalue weighted by atomic mass is 79.9. The summed E-state index contributed by atoms with van der Waals surface area (Å²) in [6, 6.07) is 14.3. The largest absolute Gasteiger partial charge is 0.478 e. The molecule has 0 aliphatic heterocycles. The number of benzene rings is 2. The molecule has 0 unspecified atom stereocenters. The zero-order chi connectivity index (χ0) is 15.5. The van der Waals surface area contributed by atoms with Gasteiger partial charge in [-0.2, -0.15) is 0 Å². The molecule has 3 rings (SSSR count). The Morgan fingerprint density at radius 1 is 1.14 bits per heavy atom. The second kappa shape index (κ2) is 6.07. The van der Waals surface area contributed by atoms with E-state index < -0.39 is 5.97 Å². The van der Waals surface area contributed by atoms with Gasteiger partial charge >= 0.3 is 5.97 Å². The van der Waals surface area contributed by atoms with Crippen LogP contribution < -0.4 is 0 Å². The molecule has 0 atom stereocenters. The SMILES string of the molecule is O=C(O)c1ccccc1C=Nc1ccc(Br)c2cccnc12. The summed E-state index contributed by atoms with van der Waals surface area (Å²) in [5, 5.41) is 10.2. The first-order valence-electron chi connectivity index (χ1n) is 6.56. The summed E-state index contributed by atoms with van der Waals surface area (Å²) in [6.45, 7) is 0. The van der Waals surface area contributed by atoms with Gasteiger partial charge in [-0.3, -0.25) is 9.98 Å². The van der Waals surface area contributed by atoms with Crippen LogP contribution in [-0.4, -0.2) is 22.3 Å². The molecule has 1 heterocycles. The van der Waals surface area contributed by atoms with Gasteiger partial charge in [-0.1, -0.05) is 40.2 Å². The highest BCUT2D eigenvalue weighted by molar-refractivity contribution is 9.10. The molecule has 3 aromatic rings. The molecule has 0 saturated heterocycles. The molecule has 5 heteroatoms. The van der Waals surface area contributed by atoms with Crippen LogP contribution in [0.1, 0.15) is 15.9 Å². The monoisotopic (exact) mass is 354 g/mol. The Bertz CT molecular complexity index is 891. The third-order valence-electron chi connectivity index (χ3n) is 3.23. The summed E-state index contributed by atoms with van der Waals surface area (Å²) in [5.74, 6) is -0.971. The molecular formula is C17H11BrN2O2. The standard InChI is InChI=1S/C17H11BrN2O2/c18-14-7-8-15(16-13(14)6-3-9-19-16)20-10-11-4-1-2-5-12(11)17(21)22/h1-10H,(H,21,22). The Morgan fingerprint density at radius 2 is 1.95 bits per heavy atom. The third-order valence-corrected chi connectivity index (χ3v) is 3.92. The molecule has 0 amide bonds. The zero-order valence-electron chi connectivity index (χ0n) is 11.4. The lowest BCUT2D eigenvalue weighted by Gasteiger charge is -2.04. The number of nitrogens with zero attached hydrogens (tertiary/aromatic N) is 2. The number of aliphatic imine (C=N–C) groups is 1. The lowest BCUT2D eigenvalue weighted by atomic mass is 10.1. The van der Waals surface area contributed by atoms with Crippen molar-refractivity contribution in [3.05, 3.63) is 70.3 Å². The Morgan fingerprint density at radius 3 is 2.77 bits per heavy atom. The van der Waals surface area contributed by atoms with Crippen LogP contribution in [0.3, 0.4) is 0 Å². The molecular weight excluding hydrogens is 344 g/mol. The van der Waals surface area contributed by atoms with Gasteiger partial charge < -0.3 is 5.11 Å². The van der Waals surface area contributed by atoms with Crippen molar-refractivity contribution < 1.29 is 9.90 Å². The van der Waals surface area contributed by atoms with E-state index in [0.29, 0.717) is 11.3 Å². The molecule has 0 radical (unpaired) electrons. The molecule has 0 aliphatic rings. The lowest BCUT2D eigenvalue weighted by Crippen LogP contribution is -2.01. The van der Waals surface area contributed by atoms with Crippen molar-refractivity contribution in [1.82, 2.24) is 4.98 Å². The third kappa shape index (κ3) is 2.76. The Balaban J connectivity index is 2.08. The molecule has 1 aromatic heterocycles. The van der Waals surface area contributed by atoms with Gasteiger partial charge in [-0.15, -0.1) is 0 Å². The van der Waals surface area contributed by atoms with E-state index in [0.717, 1.165) is 15.4 Å². The van der Waals surface area contributed by atoms with Gasteiger partial charge in [0.05, 0.1) is 16.8 Å². The van der Waals surface area contributed by atoms with Gasteiger partial charge in [0.25, 0.3) is 0 Å². The van der Waals surface area contributed by atoms with Crippen LogP contribution in [0, 0.1) is 0 Å². The summed E-state index contributed by atoms with van der Waals surface area (Å²) >= 11 is 3.49. The van der Waals surface area contributed by atoms with Gasteiger partial charge in [0.2, 0.25) is 0 Å². The number of hydrogen-bond acceptors (Lipinski definition) is 3. The van der Waals surface area contributed by atoms with E-state index in [1.54, 1.807) is 36.7 Å². The van der Waals surface area contributed by atoms with E-state index in [9.17, 15) is 9.90 Å². The van der Waals surface area contributed by atoms with Gasteiger partial charge in [0.15, 0.2) is 0 Å². The number of halogens is 1. The molecule has 108 valence electrons. The van der Waals surface area contributed by atoms with Gasteiger partial charge in [0.1, 0.15) is 0 Å². The van der Waals surface area contributed by atoms with Crippen molar-refractivity contribution in [3.8, 4) is 0 Å². The van der Waals surface area contributed by atoms with E-state index >= 15 is 0 Å². The molecule has 1 N–H and O–H groups in total. The lowest BCUT2D eigenvalue weighted by molar-refractivity contribution is 0.0697. The Kier molecular flexibility index (Phi) is 3.98. The van der Waals surface area contributed by atoms with Crippen LogP contribution >= 0.6 is 15.9 Å². The normalized spacial score (nSPS) is 11.1. The minimum atomic E-state index is -0.971. The maximum absolute atomic E-state index is 11.2. The van der Waals surface area contributed by atoms with Crippen molar-refractivity contribution in [2.45, 2.75) is 0 Å². The number of carbonyl (C=O) groups is 1. The second-order valence-electron chi connectivity index (χ2n) is 4.62. The fourth-order valence-corrected chi connectivity index (χ4v) is 2.62. The number of carboxylic acids is 1. The molecule has 22 heavy (non-hydrogen) atoms. The highest BCUT2D eigenvalue weighted by Gasteiger charge is 2.08. The Labute approximate surface area is 135 Å². The van der Waals surface area contributed by atoms with Crippen LogP contribution in [0.4, 0.5) is 5.69 Å².